The molecule has 0 amide bonds. The monoisotopic (exact) mass is 260 g/mol. The summed E-state index contributed by atoms with van der Waals surface area (Å²) in [4.78, 5) is 1.14. The zero-order valence-electron chi connectivity index (χ0n) is 10.3. The van der Waals surface area contributed by atoms with Gasteiger partial charge in [-0.25, -0.2) is 0 Å². The van der Waals surface area contributed by atoms with Crippen LogP contribution in [0.4, 0.5) is 0 Å². The minimum atomic E-state index is 0.0891. The summed E-state index contributed by atoms with van der Waals surface area (Å²) in [5.74, 6) is 1.76. The van der Waals surface area contributed by atoms with Crippen molar-refractivity contribution in [2.24, 2.45) is 0 Å². The van der Waals surface area contributed by atoms with Crippen molar-refractivity contribution in [2.45, 2.75) is 17.3 Å². The van der Waals surface area contributed by atoms with Crippen LogP contribution in [-0.2, 0) is 12.4 Å². The highest BCUT2D eigenvalue weighted by atomic mass is 32.2. The predicted molar refractivity (Wildman–Crippen MR) is 74.9 cm³/mol. The van der Waals surface area contributed by atoms with Gasteiger partial charge in [0.25, 0.3) is 0 Å². The molecule has 2 rings (SSSR count). The molecule has 3 heteroatoms. The standard InChI is InChI=1S/C15H16O2S/c1-17-14-8-6-12(7-9-14)11-18-15-5-3-2-4-13(15)10-16/h2-9,16H,10-11H2,1H3. The van der Waals surface area contributed by atoms with Gasteiger partial charge in [-0.3, -0.25) is 0 Å². The molecular weight excluding hydrogens is 244 g/mol. The molecule has 0 spiro atoms. The third-order valence-corrected chi connectivity index (χ3v) is 3.88. The van der Waals surface area contributed by atoms with Crippen molar-refractivity contribution in [3.63, 3.8) is 0 Å². The van der Waals surface area contributed by atoms with Crippen molar-refractivity contribution in [1.82, 2.24) is 0 Å². The predicted octanol–water partition coefficient (Wildman–Crippen LogP) is 3.48. The molecule has 0 aliphatic carbocycles. The lowest BCUT2D eigenvalue weighted by Gasteiger charge is -2.07. The number of thioether (sulfide) groups is 1. The second kappa shape index (κ2) is 6.47. The summed E-state index contributed by atoms with van der Waals surface area (Å²) in [7, 11) is 1.67. The van der Waals surface area contributed by atoms with E-state index in [1.54, 1.807) is 18.9 Å². The minimum Gasteiger partial charge on any atom is -0.497 e. The van der Waals surface area contributed by atoms with Gasteiger partial charge in [-0.2, -0.15) is 0 Å². The number of benzene rings is 2. The first-order chi connectivity index (χ1) is 8.83. The lowest BCUT2D eigenvalue weighted by molar-refractivity contribution is 0.279. The van der Waals surface area contributed by atoms with Gasteiger partial charge in [0.05, 0.1) is 13.7 Å². The molecule has 18 heavy (non-hydrogen) atoms. The number of hydrogen-bond donors (Lipinski definition) is 1. The largest absolute Gasteiger partial charge is 0.497 e. The molecule has 0 aliphatic heterocycles. The van der Waals surface area contributed by atoms with Crippen LogP contribution in [0.15, 0.2) is 53.4 Å². The van der Waals surface area contributed by atoms with E-state index in [9.17, 15) is 5.11 Å². The normalized spacial score (nSPS) is 10.3. The Labute approximate surface area is 112 Å². The average Bonchev–Trinajstić information content (AvgIpc) is 2.46. The van der Waals surface area contributed by atoms with E-state index in [2.05, 4.69) is 12.1 Å². The maximum atomic E-state index is 9.25. The second-order valence-electron chi connectivity index (χ2n) is 3.90. The summed E-state index contributed by atoms with van der Waals surface area (Å²) >= 11 is 1.74. The Kier molecular flexibility index (Phi) is 4.67. The Morgan fingerprint density at radius 3 is 2.44 bits per heavy atom. The fourth-order valence-electron chi connectivity index (χ4n) is 1.66. The van der Waals surface area contributed by atoms with Crippen molar-refractivity contribution >= 4 is 11.8 Å². The Hall–Kier alpha value is -1.45. The molecular formula is C15H16O2S. The van der Waals surface area contributed by atoms with E-state index in [4.69, 9.17) is 4.74 Å². The van der Waals surface area contributed by atoms with Crippen molar-refractivity contribution in [1.29, 1.82) is 0 Å². The molecule has 0 fully saturated rings. The summed E-state index contributed by atoms with van der Waals surface area (Å²) in [5, 5.41) is 9.25. The number of ether oxygens (including phenoxy) is 1. The Morgan fingerprint density at radius 2 is 1.78 bits per heavy atom. The number of methoxy groups -OCH3 is 1. The number of aliphatic hydroxyl groups excluding tert-OH is 1. The van der Waals surface area contributed by atoms with Crippen LogP contribution in [0, 0.1) is 0 Å². The summed E-state index contributed by atoms with van der Waals surface area (Å²) < 4.78 is 5.13. The van der Waals surface area contributed by atoms with Gasteiger partial charge in [0.2, 0.25) is 0 Å². The molecule has 0 bridgehead atoms. The summed E-state index contributed by atoms with van der Waals surface area (Å²) in [6, 6.07) is 16.0. The van der Waals surface area contributed by atoms with E-state index >= 15 is 0 Å². The summed E-state index contributed by atoms with van der Waals surface area (Å²) in [6.07, 6.45) is 0. The lowest BCUT2D eigenvalue weighted by atomic mass is 10.2. The molecule has 2 nitrogen and oxygen atoms in total. The van der Waals surface area contributed by atoms with Crippen LogP contribution in [0.2, 0.25) is 0 Å². The molecule has 94 valence electrons. The first-order valence-electron chi connectivity index (χ1n) is 5.78. The van der Waals surface area contributed by atoms with Gasteiger partial charge in [-0.05, 0) is 29.3 Å². The molecule has 0 aliphatic rings. The van der Waals surface area contributed by atoms with Crippen molar-refractivity contribution in [2.75, 3.05) is 7.11 Å². The Bertz CT molecular complexity index is 494. The average molecular weight is 260 g/mol. The maximum Gasteiger partial charge on any atom is 0.118 e. The van der Waals surface area contributed by atoms with E-state index < -0.39 is 0 Å². The minimum absolute atomic E-state index is 0.0891. The molecule has 2 aromatic rings. The van der Waals surface area contributed by atoms with Crippen LogP contribution in [0.25, 0.3) is 0 Å². The number of aliphatic hydroxyl groups is 1. The van der Waals surface area contributed by atoms with Crippen LogP contribution in [0.5, 0.6) is 5.75 Å². The SMILES string of the molecule is COc1ccc(CSc2ccccc2CO)cc1. The van der Waals surface area contributed by atoms with E-state index in [1.165, 1.54) is 5.56 Å². The van der Waals surface area contributed by atoms with Crippen LogP contribution in [0.3, 0.4) is 0 Å². The van der Waals surface area contributed by atoms with Crippen molar-refractivity contribution in [3.8, 4) is 5.75 Å². The van der Waals surface area contributed by atoms with E-state index in [-0.39, 0.29) is 6.61 Å². The highest BCUT2D eigenvalue weighted by Gasteiger charge is 2.02. The lowest BCUT2D eigenvalue weighted by Crippen LogP contribution is -1.88. The zero-order chi connectivity index (χ0) is 12.8. The highest BCUT2D eigenvalue weighted by Crippen LogP contribution is 2.26. The molecule has 1 N–H and O–H groups in total. The first-order valence-corrected chi connectivity index (χ1v) is 6.76. The van der Waals surface area contributed by atoms with Crippen LogP contribution in [0.1, 0.15) is 11.1 Å². The van der Waals surface area contributed by atoms with Gasteiger partial charge in [0.15, 0.2) is 0 Å². The highest BCUT2D eigenvalue weighted by molar-refractivity contribution is 7.98. The van der Waals surface area contributed by atoms with Crippen LogP contribution < -0.4 is 4.74 Å². The van der Waals surface area contributed by atoms with E-state index in [0.29, 0.717) is 0 Å². The van der Waals surface area contributed by atoms with Crippen molar-refractivity contribution < 1.29 is 9.84 Å². The van der Waals surface area contributed by atoms with Gasteiger partial charge in [-0.1, -0.05) is 30.3 Å². The smallest absolute Gasteiger partial charge is 0.118 e. The van der Waals surface area contributed by atoms with Gasteiger partial charge in [-0.15, -0.1) is 11.8 Å². The van der Waals surface area contributed by atoms with E-state index in [0.717, 1.165) is 22.0 Å². The van der Waals surface area contributed by atoms with Gasteiger partial charge in [0.1, 0.15) is 5.75 Å². The molecule has 0 unspecified atom stereocenters. The Balaban J connectivity index is 2.02. The fourth-order valence-corrected chi connectivity index (χ4v) is 2.67. The van der Waals surface area contributed by atoms with Crippen LogP contribution in [-0.4, -0.2) is 12.2 Å². The topological polar surface area (TPSA) is 29.5 Å². The molecule has 0 saturated heterocycles. The molecule has 2 aromatic carbocycles. The number of rotatable bonds is 5. The molecule has 0 aromatic heterocycles. The Morgan fingerprint density at radius 1 is 1.06 bits per heavy atom. The van der Waals surface area contributed by atoms with Gasteiger partial charge < -0.3 is 9.84 Å². The molecule has 0 radical (unpaired) electrons. The molecule has 0 saturated carbocycles. The third kappa shape index (κ3) is 3.28. The molecule has 0 heterocycles. The van der Waals surface area contributed by atoms with Crippen LogP contribution >= 0.6 is 11.8 Å². The summed E-state index contributed by atoms with van der Waals surface area (Å²) in [6.45, 7) is 0.0891. The fraction of sp³-hybridized carbons (Fsp3) is 0.200. The van der Waals surface area contributed by atoms with Gasteiger partial charge >= 0.3 is 0 Å². The third-order valence-electron chi connectivity index (χ3n) is 2.70. The maximum absolute atomic E-state index is 9.25. The number of hydrogen-bond acceptors (Lipinski definition) is 3. The zero-order valence-corrected chi connectivity index (χ0v) is 11.1. The summed E-state index contributed by atoms with van der Waals surface area (Å²) in [5.41, 5.74) is 2.23. The van der Waals surface area contributed by atoms with Crippen molar-refractivity contribution in [3.05, 3.63) is 59.7 Å². The quantitative estimate of drug-likeness (QED) is 0.835. The first kappa shape index (κ1) is 13.0. The second-order valence-corrected chi connectivity index (χ2v) is 4.92. The molecule has 0 atom stereocenters. The van der Waals surface area contributed by atoms with E-state index in [1.807, 2.05) is 36.4 Å². The van der Waals surface area contributed by atoms with Gasteiger partial charge in [0, 0.05) is 10.6 Å².